The summed E-state index contributed by atoms with van der Waals surface area (Å²) in [6.07, 6.45) is 0.204. The highest BCUT2D eigenvalue weighted by molar-refractivity contribution is 5.85. The third-order valence-corrected chi connectivity index (χ3v) is 2.82. The van der Waals surface area contributed by atoms with Crippen molar-refractivity contribution < 1.29 is 4.74 Å². The maximum atomic E-state index is 5.81. The first kappa shape index (κ1) is 16.5. The zero-order valence-corrected chi connectivity index (χ0v) is 12.8. The number of rotatable bonds is 6. The van der Waals surface area contributed by atoms with E-state index in [-0.39, 0.29) is 18.5 Å². The molecule has 0 saturated heterocycles. The lowest BCUT2D eigenvalue weighted by molar-refractivity contribution is 0.239. The van der Waals surface area contributed by atoms with Crippen LogP contribution in [0, 0.1) is 0 Å². The summed E-state index contributed by atoms with van der Waals surface area (Å²) in [6.45, 7) is 5.79. The standard InChI is InChI=1S/C17H21NO.ClH/c1-14(2)19-17-11-7-6-10-16(17)13-18-12-15-8-4-3-5-9-15;/h3-11,14,18H,12-13H2,1-2H3;1H. The number of halogens is 1. The van der Waals surface area contributed by atoms with Crippen molar-refractivity contribution in [3.05, 3.63) is 65.7 Å². The van der Waals surface area contributed by atoms with E-state index in [2.05, 4.69) is 35.6 Å². The summed E-state index contributed by atoms with van der Waals surface area (Å²) >= 11 is 0. The van der Waals surface area contributed by atoms with Crippen LogP contribution in [0.1, 0.15) is 25.0 Å². The molecule has 0 aliphatic carbocycles. The average molecular weight is 292 g/mol. The first-order valence-electron chi connectivity index (χ1n) is 6.75. The Bertz CT molecular complexity index is 499. The van der Waals surface area contributed by atoms with Crippen LogP contribution in [0.2, 0.25) is 0 Å². The molecule has 0 atom stereocenters. The van der Waals surface area contributed by atoms with E-state index >= 15 is 0 Å². The minimum atomic E-state index is 0. The van der Waals surface area contributed by atoms with Gasteiger partial charge in [0.25, 0.3) is 0 Å². The lowest BCUT2D eigenvalue weighted by Gasteiger charge is -2.14. The summed E-state index contributed by atoms with van der Waals surface area (Å²) in [7, 11) is 0. The third-order valence-electron chi connectivity index (χ3n) is 2.82. The van der Waals surface area contributed by atoms with Gasteiger partial charge in [-0.3, -0.25) is 0 Å². The van der Waals surface area contributed by atoms with Crippen molar-refractivity contribution in [1.29, 1.82) is 0 Å². The molecular weight excluding hydrogens is 270 g/mol. The van der Waals surface area contributed by atoms with Crippen molar-refractivity contribution in [3.63, 3.8) is 0 Å². The van der Waals surface area contributed by atoms with Gasteiger partial charge in [0.2, 0.25) is 0 Å². The number of benzene rings is 2. The van der Waals surface area contributed by atoms with Gasteiger partial charge in [-0.15, -0.1) is 12.4 Å². The molecule has 0 spiro atoms. The van der Waals surface area contributed by atoms with Crippen LogP contribution in [-0.4, -0.2) is 6.10 Å². The van der Waals surface area contributed by atoms with E-state index in [1.54, 1.807) is 0 Å². The van der Waals surface area contributed by atoms with Crippen molar-refractivity contribution in [1.82, 2.24) is 5.32 Å². The van der Waals surface area contributed by atoms with E-state index in [0.29, 0.717) is 0 Å². The van der Waals surface area contributed by atoms with Crippen LogP contribution in [0.25, 0.3) is 0 Å². The molecule has 0 fully saturated rings. The molecule has 0 heterocycles. The summed E-state index contributed by atoms with van der Waals surface area (Å²) in [5, 5.41) is 3.45. The maximum Gasteiger partial charge on any atom is 0.124 e. The van der Waals surface area contributed by atoms with Crippen molar-refractivity contribution in [2.75, 3.05) is 0 Å². The molecule has 0 bridgehead atoms. The van der Waals surface area contributed by atoms with Gasteiger partial charge in [-0.05, 0) is 25.5 Å². The zero-order valence-electron chi connectivity index (χ0n) is 12.0. The number of ether oxygens (including phenoxy) is 1. The molecule has 0 aromatic heterocycles. The molecule has 0 radical (unpaired) electrons. The Labute approximate surface area is 127 Å². The Kier molecular flexibility index (Phi) is 7.13. The van der Waals surface area contributed by atoms with Crippen LogP contribution in [-0.2, 0) is 13.1 Å². The molecule has 2 rings (SSSR count). The minimum absolute atomic E-state index is 0. The van der Waals surface area contributed by atoms with E-state index in [1.807, 2.05) is 38.1 Å². The van der Waals surface area contributed by atoms with Crippen molar-refractivity contribution in [3.8, 4) is 5.75 Å². The largest absolute Gasteiger partial charge is 0.491 e. The highest BCUT2D eigenvalue weighted by atomic mass is 35.5. The van der Waals surface area contributed by atoms with Gasteiger partial charge in [-0.2, -0.15) is 0 Å². The number of nitrogens with one attached hydrogen (secondary N) is 1. The summed E-state index contributed by atoms with van der Waals surface area (Å²) in [6, 6.07) is 18.6. The molecule has 0 unspecified atom stereocenters. The Morgan fingerprint density at radius 2 is 1.55 bits per heavy atom. The van der Waals surface area contributed by atoms with E-state index in [9.17, 15) is 0 Å². The van der Waals surface area contributed by atoms with Crippen LogP contribution in [0.15, 0.2) is 54.6 Å². The van der Waals surface area contributed by atoms with Crippen molar-refractivity contribution in [2.24, 2.45) is 0 Å². The molecule has 0 aliphatic heterocycles. The number of hydrogen-bond acceptors (Lipinski definition) is 2. The van der Waals surface area contributed by atoms with Gasteiger partial charge in [0.05, 0.1) is 6.10 Å². The van der Waals surface area contributed by atoms with E-state index < -0.39 is 0 Å². The summed E-state index contributed by atoms with van der Waals surface area (Å²) in [5.74, 6) is 0.970. The molecule has 2 aromatic rings. The zero-order chi connectivity index (χ0) is 13.5. The topological polar surface area (TPSA) is 21.3 Å². The predicted octanol–water partition coefficient (Wildman–Crippen LogP) is 4.19. The second-order valence-electron chi connectivity index (χ2n) is 4.86. The first-order valence-corrected chi connectivity index (χ1v) is 6.75. The van der Waals surface area contributed by atoms with Gasteiger partial charge in [-0.25, -0.2) is 0 Å². The Morgan fingerprint density at radius 1 is 0.900 bits per heavy atom. The molecular formula is C17H22ClNO. The fraction of sp³-hybridized carbons (Fsp3) is 0.294. The summed E-state index contributed by atoms with van der Waals surface area (Å²) in [5.41, 5.74) is 2.50. The van der Waals surface area contributed by atoms with Gasteiger partial charge in [0, 0.05) is 18.7 Å². The van der Waals surface area contributed by atoms with Crippen LogP contribution in [0.5, 0.6) is 5.75 Å². The fourth-order valence-corrected chi connectivity index (χ4v) is 1.96. The Balaban J connectivity index is 0.00000200. The smallest absolute Gasteiger partial charge is 0.124 e. The van der Waals surface area contributed by atoms with Crippen LogP contribution >= 0.6 is 12.4 Å². The normalized spacial score (nSPS) is 10.2. The lowest BCUT2D eigenvalue weighted by Crippen LogP contribution is -2.15. The number of hydrogen-bond donors (Lipinski definition) is 1. The molecule has 20 heavy (non-hydrogen) atoms. The molecule has 0 amide bonds. The van der Waals surface area contributed by atoms with Gasteiger partial charge in [-0.1, -0.05) is 48.5 Å². The Morgan fingerprint density at radius 3 is 2.25 bits per heavy atom. The Hall–Kier alpha value is -1.51. The van der Waals surface area contributed by atoms with Crippen molar-refractivity contribution in [2.45, 2.75) is 33.0 Å². The van der Waals surface area contributed by atoms with E-state index in [1.165, 1.54) is 11.1 Å². The summed E-state index contributed by atoms with van der Waals surface area (Å²) in [4.78, 5) is 0. The van der Waals surface area contributed by atoms with Crippen molar-refractivity contribution >= 4 is 12.4 Å². The molecule has 2 nitrogen and oxygen atoms in total. The average Bonchev–Trinajstić information content (AvgIpc) is 2.41. The van der Waals surface area contributed by atoms with Crippen LogP contribution in [0.4, 0.5) is 0 Å². The lowest BCUT2D eigenvalue weighted by atomic mass is 10.2. The first-order chi connectivity index (χ1) is 9.25. The second kappa shape index (κ2) is 8.62. The van der Waals surface area contributed by atoms with E-state index in [4.69, 9.17) is 4.74 Å². The van der Waals surface area contributed by atoms with E-state index in [0.717, 1.165) is 18.8 Å². The monoisotopic (exact) mass is 291 g/mol. The molecule has 2 aromatic carbocycles. The fourth-order valence-electron chi connectivity index (χ4n) is 1.96. The molecule has 0 aliphatic rings. The predicted molar refractivity (Wildman–Crippen MR) is 86.4 cm³/mol. The number of para-hydroxylation sites is 1. The van der Waals surface area contributed by atoms with Gasteiger partial charge in [0.15, 0.2) is 0 Å². The SMILES string of the molecule is CC(C)Oc1ccccc1CNCc1ccccc1.Cl. The second-order valence-corrected chi connectivity index (χ2v) is 4.86. The highest BCUT2D eigenvalue weighted by Gasteiger charge is 2.04. The highest BCUT2D eigenvalue weighted by Crippen LogP contribution is 2.19. The minimum Gasteiger partial charge on any atom is -0.491 e. The van der Waals surface area contributed by atoms with Gasteiger partial charge < -0.3 is 10.1 Å². The van der Waals surface area contributed by atoms with Crippen LogP contribution < -0.4 is 10.1 Å². The maximum absolute atomic E-state index is 5.81. The third kappa shape index (κ3) is 5.24. The molecule has 108 valence electrons. The van der Waals surface area contributed by atoms with Crippen LogP contribution in [0.3, 0.4) is 0 Å². The molecule has 1 N–H and O–H groups in total. The van der Waals surface area contributed by atoms with Gasteiger partial charge in [0.1, 0.15) is 5.75 Å². The quantitative estimate of drug-likeness (QED) is 0.862. The molecule has 3 heteroatoms. The summed E-state index contributed by atoms with van der Waals surface area (Å²) < 4.78 is 5.81. The van der Waals surface area contributed by atoms with Gasteiger partial charge >= 0.3 is 0 Å². The molecule has 0 saturated carbocycles.